The molecule has 164 valence electrons. The topological polar surface area (TPSA) is 95.9 Å². The number of ether oxygens (including phenoxy) is 1. The number of hydrogen-bond donors (Lipinski definition) is 1. The summed E-state index contributed by atoms with van der Waals surface area (Å²) in [5.74, 6) is -0.443. The number of hydrogen-bond acceptors (Lipinski definition) is 7. The molecule has 1 aliphatic heterocycles. The fraction of sp³-hybridized carbons (Fsp3) is 0.391. The molecule has 1 fully saturated rings. The third-order valence-electron chi connectivity index (χ3n) is 5.31. The van der Waals surface area contributed by atoms with Crippen LogP contribution in [-0.2, 0) is 9.59 Å². The van der Waals surface area contributed by atoms with Crippen LogP contribution in [-0.4, -0.2) is 70.9 Å². The molecule has 1 aromatic heterocycles. The number of carbonyl (C=O) groups is 2. The number of carbonyl (C=O) groups excluding carboxylic acids is 2. The Hall–Kier alpha value is -3.26. The molecule has 1 unspecified atom stereocenters. The molecule has 0 bridgehead atoms. The second-order valence-corrected chi connectivity index (χ2v) is 7.84. The predicted octanol–water partition coefficient (Wildman–Crippen LogP) is 2.48. The van der Waals surface area contributed by atoms with E-state index in [1.165, 1.54) is 11.1 Å². The number of likely N-dealkylation sites (tertiary alicyclic amines) is 1. The van der Waals surface area contributed by atoms with Gasteiger partial charge in [-0.15, -0.1) is 0 Å². The Labute approximate surface area is 182 Å². The lowest BCUT2D eigenvalue weighted by Crippen LogP contribution is -2.32. The highest BCUT2D eigenvalue weighted by Gasteiger charge is 2.46. The molecule has 1 saturated heterocycles. The van der Waals surface area contributed by atoms with E-state index >= 15 is 0 Å². The van der Waals surface area contributed by atoms with Crippen molar-refractivity contribution in [2.45, 2.75) is 26.3 Å². The van der Waals surface area contributed by atoms with Gasteiger partial charge >= 0.3 is 0 Å². The highest BCUT2D eigenvalue weighted by molar-refractivity contribution is 6.46. The van der Waals surface area contributed by atoms with Gasteiger partial charge in [0.2, 0.25) is 0 Å². The number of rotatable bonds is 7. The van der Waals surface area contributed by atoms with Crippen molar-refractivity contribution in [3.63, 3.8) is 0 Å². The van der Waals surface area contributed by atoms with Crippen molar-refractivity contribution in [3.8, 4) is 5.75 Å². The van der Waals surface area contributed by atoms with Crippen LogP contribution in [0.3, 0.4) is 0 Å². The summed E-state index contributed by atoms with van der Waals surface area (Å²) in [4.78, 5) is 38.0. The van der Waals surface area contributed by atoms with Crippen LogP contribution in [0.2, 0.25) is 0 Å². The van der Waals surface area contributed by atoms with Crippen molar-refractivity contribution in [1.82, 2.24) is 19.8 Å². The molecule has 8 nitrogen and oxygen atoms in total. The van der Waals surface area contributed by atoms with Crippen LogP contribution in [0.15, 0.2) is 36.0 Å². The predicted molar refractivity (Wildman–Crippen MR) is 117 cm³/mol. The van der Waals surface area contributed by atoms with Crippen molar-refractivity contribution in [2.75, 3.05) is 34.3 Å². The van der Waals surface area contributed by atoms with Gasteiger partial charge in [-0.2, -0.15) is 0 Å². The van der Waals surface area contributed by atoms with Crippen LogP contribution in [0.1, 0.15) is 35.1 Å². The molecule has 2 aromatic rings. The molecule has 1 N–H and O–H groups in total. The minimum absolute atomic E-state index is 0.0404. The maximum absolute atomic E-state index is 13.1. The van der Waals surface area contributed by atoms with E-state index in [0.29, 0.717) is 41.4 Å². The van der Waals surface area contributed by atoms with E-state index in [0.717, 1.165) is 6.54 Å². The molecule has 1 aliphatic rings. The SMILES string of the molecule is COc1cccc(C2/C(=C(\O)c3cnc(C)nc3C)C(=O)C(=O)N2CCCN(C)C)c1. The summed E-state index contributed by atoms with van der Waals surface area (Å²) in [5, 5.41) is 11.1. The van der Waals surface area contributed by atoms with Crippen LogP contribution >= 0.6 is 0 Å². The molecule has 2 heterocycles. The van der Waals surface area contributed by atoms with Gasteiger partial charge in [-0.25, -0.2) is 9.97 Å². The maximum Gasteiger partial charge on any atom is 0.295 e. The quantitative estimate of drug-likeness (QED) is 0.414. The summed E-state index contributed by atoms with van der Waals surface area (Å²) in [7, 11) is 5.46. The molecule has 3 rings (SSSR count). The normalized spacial score (nSPS) is 18.1. The Bertz CT molecular complexity index is 1030. The van der Waals surface area contributed by atoms with Crippen molar-refractivity contribution >= 4 is 17.4 Å². The van der Waals surface area contributed by atoms with Gasteiger partial charge in [0.1, 0.15) is 17.3 Å². The van der Waals surface area contributed by atoms with E-state index in [1.807, 2.05) is 25.1 Å². The number of aryl methyl sites for hydroxylation is 2. The molecule has 8 heteroatoms. The van der Waals surface area contributed by atoms with Gasteiger partial charge in [-0.1, -0.05) is 12.1 Å². The van der Waals surface area contributed by atoms with Gasteiger partial charge in [0.05, 0.1) is 30.0 Å². The van der Waals surface area contributed by atoms with Crippen LogP contribution < -0.4 is 4.74 Å². The molecule has 0 saturated carbocycles. The zero-order valence-corrected chi connectivity index (χ0v) is 18.5. The molecule has 1 amide bonds. The van der Waals surface area contributed by atoms with E-state index in [2.05, 4.69) is 9.97 Å². The summed E-state index contributed by atoms with van der Waals surface area (Å²) in [5.41, 5.74) is 1.60. The minimum atomic E-state index is -0.724. The number of amides is 1. The van der Waals surface area contributed by atoms with E-state index in [4.69, 9.17) is 4.74 Å². The van der Waals surface area contributed by atoms with E-state index in [9.17, 15) is 14.7 Å². The number of aliphatic hydroxyl groups excluding tert-OH is 1. The van der Waals surface area contributed by atoms with Crippen molar-refractivity contribution in [1.29, 1.82) is 0 Å². The third kappa shape index (κ3) is 4.59. The summed E-state index contributed by atoms with van der Waals surface area (Å²) >= 11 is 0. The monoisotopic (exact) mass is 424 g/mol. The molecule has 1 aromatic carbocycles. The molecular weight excluding hydrogens is 396 g/mol. The summed E-state index contributed by atoms with van der Waals surface area (Å²) in [6.45, 7) is 4.62. The first-order valence-corrected chi connectivity index (χ1v) is 10.1. The zero-order chi connectivity index (χ0) is 22.7. The number of aromatic nitrogens is 2. The lowest BCUT2D eigenvalue weighted by atomic mass is 9.95. The van der Waals surface area contributed by atoms with Crippen molar-refractivity contribution in [3.05, 3.63) is 58.7 Å². The van der Waals surface area contributed by atoms with Gasteiger partial charge < -0.3 is 19.6 Å². The van der Waals surface area contributed by atoms with Crippen molar-refractivity contribution < 1.29 is 19.4 Å². The van der Waals surface area contributed by atoms with Crippen molar-refractivity contribution in [2.24, 2.45) is 0 Å². The number of benzene rings is 1. The lowest BCUT2D eigenvalue weighted by Gasteiger charge is -2.26. The second kappa shape index (κ2) is 9.26. The molecular formula is C23H28N4O4. The Morgan fingerprint density at radius 3 is 2.65 bits per heavy atom. The smallest absolute Gasteiger partial charge is 0.295 e. The number of ketones is 1. The van der Waals surface area contributed by atoms with Gasteiger partial charge in [0.15, 0.2) is 0 Å². The number of Topliss-reactive ketones (excluding diaryl/α,β-unsaturated/α-hetero) is 1. The Balaban J connectivity index is 2.14. The average Bonchev–Trinajstić information content (AvgIpc) is 2.98. The lowest BCUT2D eigenvalue weighted by molar-refractivity contribution is -0.139. The Morgan fingerprint density at radius 2 is 2.00 bits per heavy atom. The Kier molecular flexibility index (Phi) is 6.70. The second-order valence-electron chi connectivity index (χ2n) is 7.84. The first-order valence-electron chi connectivity index (χ1n) is 10.1. The third-order valence-corrected chi connectivity index (χ3v) is 5.31. The van der Waals surface area contributed by atoms with Gasteiger partial charge in [-0.05, 0) is 58.6 Å². The average molecular weight is 425 g/mol. The summed E-state index contributed by atoms with van der Waals surface area (Å²) < 4.78 is 5.33. The maximum atomic E-state index is 13.1. The van der Waals surface area contributed by atoms with Crippen LogP contribution in [0, 0.1) is 13.8 Å². The molecule has 0 aliphatic carbocycles. The highest BCUT2D eigenvalue weighted by Crippen LogP contribution is 2.40. The van der Waals surface area contributed by atoms with E-state index < -0.39 is 17.7 Å². The molecule has 31 heavy (non-hydrogen) atoms. The van der Waals surface area contributed by atoms with E-state index in [-0.39, 0.29) is 11.3 Å². The van der Waals surface area contributed by atoms with E-state index in [1.54, 1.807) is 39.2 Å². The standard InChI is InChI=1S/C23H28N4O4/c1-14-18(13-24-15(2)25-14)21(28)19-20(16-8-6-9-17(12-16)31-5)27(23(30)22(19)29)11-7-10-26(3)4/h6,8-9,12-13,20,28H,7,10-11H2,1-5H3/b21-19+. The first kappa shape index (κ1) is 22.4. The fourth-order valence-electron chi connectivity index (χ4n) is 3.79. The van der Waals surface area contributed by atoms with Crippen LogP contribution in [0.25, 0.3) is 5.76 Å². The summed E-state index contributed by atoms with van der Waals surface area (Å²) in [6.07, 6.45) is 2.17. The number of nitrogens with zero attached hydrogens (tertiary/aromatic N) is 4. The van der Waals surface area contributed by atoms with Crippen LogP contribution in [0.4, 0.5) is 0 Å². The van der Waals surface area contributed by atoms with Gasteiger partial charge in [0, 0.05) is 12.7 Å². The van der Waals surface area contributed by atoms with Crippen LogP contribution in [0.5, 0.6) is 5.75 Å². The molecule has 0 spiro atoms. The van der Waals surface area contributed by atoms with Gasteiger partial charge in [-0.3, -0.25) is 9.59 Å². The fourth-order valence-corrected chi connectivity index (χ4v) is 3.79. The largest absolute Gasteiger partial charge is 0.507 e. The Morgan fingerprint density at radius 1 is 1.26 bits per heavy atom. The molecule has 0 radical (unpaired) electrons. The molecule has 1 atom stereocenters. The van der Waals surface area contributed by atoms with Gasteiger partial charge in [0.25, 0.3) is 11.7 Å². The number of methoxy groups -OCH3 is 1. The first-order chi connectivity index (χ1) is 14.7. The highest BCUT2D eigenvalue weighted by atomic mass is 16.5. The number of aliphatic hydroxyl groups is 1. The zero-order valence-electron chi connectivity index (χ0n) is 18.5. The summed E-state index contributed by atoms with van der Waals surface area (Å²) in [6, 6.07) is 6.47. The minimum Gasteiger partial charge on any atom is -0.507 e.